The number of benzene rings is 1. The second-order valence-electron chi connectivity index (χ2n) is 8.59. The van der Waals surface area contributed by atoms with Crippen molar-refractivity contribution >= 4 is 35.8 Å². The van der Waals surface area contributed by atoms with Gasteiger partial charge in [-0.1, -0.05) is 6.92 Å². The monoisotopic (exact) mass is 568 g/mol. The quantitative estimate of drug-likeness (QED) is 0.205. The van der Waals surface area contributed by atoms with E-state index in [1.807, 2.05) is 0 Å². The second kappa shape index (κ2) is 12.2. The van der Waals surface area contributed by atoms with Crippen molar-refractivity contribution < 1.29 is 4.39 Å². The highest BCUT2D eigenvalue weighted by molar-refractivity contribution is 14.0. The van der Waals surface area contributed by atoms with Crippen LogP contribution in [0.4, 0.5) is 10.2 Å². The highest BCUT2D eigenvalue weighted by Gasteiger charge is 2.31. The number of nitriles is 1. The fraction of sp³-hybridized carbons (Fsp3) is 0.522. The van der Waals surface area contributed by atoms with E-state index in [2.05, 4.69) is 52.5 Å². The number of hydrogen-bond donors (Lipinski definition) is 3. The summed E-state index contributed by atoms with van der Waals surface area (Å²) < 4.78 is 14.7. The topological polar surface area (TPSA) is 107 Å². The molecule has 3 rings (SSSR count). The van der Waals surface area contributed by atoms with Gasteiger partial charge in [-0.25, -0.2) is 9.07 Å². The molecule has 0 spiro atoms. The van der Waals surface area contributed by atoms with Crippen LogP contribution in [0.3, 0.4) is 0 Å². The van der Waals surface area contributed by atoms with Gasteiger partial charge < -0.3 is 16.4 Å². The molecule has 0 aliphatic carbocycles. The molecular weight excluding hydrogens is 534 g/mol. The molecule has 1 fully saturated rings. The van der Waals surface area contributed by atoms with Crippen LogP contribution >= 0.6 is 24.0 Å². The van der Waals surface area contributed by atoms with Gasteiger partial charge in [0.2, 0.25) is 0 Å². The van der Waals surface area contributed by atoms with Gasteiger partial charge in [-0.05, 0) is 56.9 Å². The number of nitrogens with one attached hydrogen (secondary N) is 2. The first kappa shape index (κ1) is 26.9. The predicted octanol–water partition coefficient (Wildman–Crippen LogP) is 2.91. The van der Waals surface area contributed by atoms with E-state index in [-0.39, 0.29) is 35.6 Å². The van der Waals surface area contributed by atoms with E-state index in [4.69, 9.17) is 5.73 Å². The summed E-state index contributed by atoms with van der Waals surface area (Å²) in [5, 5.41) is 20.9. The molecule has 0 radical (unpaired) electrons. The maximum absolute atomic E-state index is 13.2. The first-order valence-electron chi connectivity index (χ1n) is 11.1. The minimum absolute atomic E-state index is 0. The van der Waals surface area contributed by atoms with Gasteiger partial charge in [0.1, 0.15) is 23.3 Å². The Kier molecular flexibility index (Phi) is 9.91. The average molecular weight is 568 g/mol. The Balaban J connectivity index is 0.00000385. The summed E-state index contributed by atoms with van der Waals surface area (Å²) in [6.07, 6.45) is 1.35. The molecule has 33 heavy (non-hydrogen) atoms. The third-order valence-corrected chi connectivity index (χ3v) is 5.98. The molecule has 1 aromatic carbocycles. The number of guanidine groups is 1. The molecule has 2 atom stereocenters. The molecule has 1 aromatic heterocycles. The van der Waals surface area contributed by atoms with Gasteiger partial charge in [0.15, 0.2) is 5.96 Å². The molecule has 0 amide bonds. The zero-order valence-corrected chi connectivity index (χ0v) is 22.0. The molecule has 180 valence electrons. The summed E-state index contributed by atoms with van der Waals surface area (Å²) in [7, 11) is 1.77. The molecule has 10 heteroatoms. The van der Waals surface area contributed by atoms with Crippen LogP contribution in [-0.4, -0.2) is 59.4 Å². The van der Waals surface area contributed by atoms with Gasteiger partial charge in [-0.3, -0.25) is 9.89 Å². The molecule has 0 bridgehead atoms. The number of nitrogens with zero attached hydrogens (tertiary/aromatic N) is 5. The fourth-order valence-corrected chi connectivity index (χ4v) is 4.00. The molecule has 8 nitrogen and oxygen atoms in total. The largest absolute Gasteiger partial charge is 0.382 e. The van der Waals surface area contributed by atoms with Crippen LogP contribution in [0.2, 0.25) is 0 Å². The van der Waals surface area contributed by atoms with Gasteiger partial charge >= 0.3 is 0 Å². The number of nitrogen functional groups attached to an aromatic ring is 1. The summed E-state index contributed by atoms with van der Waals surface area (Å²) in [4.78, 5) is 6.83. The van der Waals surface area contributed by atoms with Crippen LogP contribution in [0.1, 0.15) is 38.4 Å². The lowest BCUT2D eigenvalue weighted by molar-refractivity contribution is 0.265. The van der Waals surface area contributed by atoms with Gasteiger partial charge in [-0.15, -0.1) is 24.0 Å². The Morgan fingerprint density at radius 3 is 2.61 bits per heavy atom. The first-order valence-corrected chi connectivity index (χ1v) is 11.1. The fourth-order valence-electron chi connectivity index (χ4n) is 4.00. The van der Waals surface area contributed by atoms with E-state index in [1.165, 1.54) is 16.8 Å². The Morgan fingerprint density at radius 2 is 2.03 bits per heavy atom. The van der Waals surface area contributed by atoms with Crippen molar-refractivity contribution in [2.75, 3.05) is 32.4 Å². The number of nitrogens with two attached hydrogens (primary N) is 1. The maximum atomic E-state index is 13.2. The maximum Gasteiger partial charge on any atom is 0.191 e. The molecule has 1 aliphatic heterocycles. The predicted molar refractivity (Wildman–Crippen MR) is 141 cm³/mol. The summed E-state index contributed by atoms with van der Waals surface area (Å²) in [6.45, 7) is 9.48. The molecule has 1 saturated heterocycles. The summed E-state index contributed by atoms with van der Waals surface area (Å²) in [5.41, 5.74) is 7.75. The van der Waals surface area contributed by atoms with Crippen LogP contribution < -0.4 is 16.4 Å². The third-order valence-electron chi connectivity index (χ3n) is 5.98. The number of aromatic nitrogens is 2. The Bertz CT molecular complexity index is 980. The molecule has 2 aromatic rings. The molecule has 0 saturated carbocycles. The van der Waals surface area contributed by atoms with Gasteiger partial charge in [0.25, 0.3) is 0 Å². The lowest BCUT2D eigenvalue weighted by atomic mass is 10.1. The molecular formula is C23H34FIN8. The lowest BCUT2D eigenvalue weighted by Gasteiger charge is -2.21. The SMILES string of the molecule is CN=C(NCCCc1nn(-c2ccc(F)cc2)c(N)c1C#N)NC1CN(C(C)C)CC1C.I. The van der Waals surface area contributed by atoms with Gasteiger partial charge in [-0.2, -0.15) is 10.4 Å². The summed E-state index contributed by atoms with van der Waals surface area (Å²) in [5.74, 6) is 1.26. The van der Waals surface area contributed by atoms with E-state index in [0.717, 1.165) is 25.5 Å². The van der Waals surface area contributed by atoms with Crippen molar-refractivity contribution in [1.29, 1.82) is 5.26 Å². The Labute approximate surface area is 212 Å². The molecule has 4 N–H and O–H groups in total. The van der Waals surface area contributed by atoms with Gasteiger partial charge in [0.05, 0.1) is 11.4 Å². The lowest BCUT2D eigenvalue weighted by Crippen LogP contribution is -2.47. The van der Waals surface area contributed by atoms with Crippen LogP contribution in [0.25, 0.3) is 5.69 Å². The second-order valence-corrected chi connectivity index (χ2v) is 8.59. The Hall–Kier alpha value is -2.39. The van der Waals surface area contributed by atoms with Crippen molar-refractivity contribution in [2.24, 2.45) is 10.9 Å². The normalized spacial score (nSPS) is 18.8. The number of rotatable bonds is 7. The standard InChI is InChI=1S/C23H33FN8.HI/c1-15(2)31-13-16(3)21(14-31)29-23(27-4)28-11-5-6-20-19(12-25)22(26)32(30-20)18-9-7-17(24)8-10-18;/h7-10,15-16,21H,5-6,11,13-14,26H2,1-4H3,(H2,27,28,29);1H. The van der Waals surface area contributed by atoms with E-state index < -0.39 is 0 Å². The average Bonchev–Trinajstić information content (AvgIpc) is 3.30. The number of aliphatic imine (C=N–C) groups is 1. The smallest absolute Gasteiger partial charge is 0.191 e. The van der Waals surface area contributed by atoms with Crippen LogP contribution in [-0.2, 0) is 6.42 Å². The van der Waals surface area contributed by atoms with E-state index in [0.29, 0.717) is 47.9 Å². The highest BCUT2D eigenvalue weighted by atomic mass is 127. The van der Waals surface area contributed by atoms with E-state index >= 15 is 0 Å². The summed E-state index contributed by atoms with van der Waals surface area (Å²) >= 11 is 0. The van der Waals surface area contributed by atoms with Crippen molar-refractivity contribution in [1.82, 2.24) is 25.3 Å². The highest BCUT2D eigenvalue weighted by Crippen LogP contribution is 2.22. The van der Waals surface area contributed by atoms with Crippen molar-refractivity contribution in [3.63, 3.8) is 0 Å². The number of halogens is 2. The zero-order chi connectivity index (χ0) is 23.3. The minimum atomic E-state index is -0.336. The number of likely N-dealkylation sites (tertiary alicyclic amines) is 1. The number of anilines is 1. The van der Waals surface area contributed by atoms with Crippen LogP contribution in [0, 0.1) is 23.1 Å². The first-order chi connectivity index (χ1) is 15.3. The zero-order valence-electron chi connectivity index (χ0n) is 19.7. The third kappa shape index (κ3) is 6.57. The molecule has 2 unspecified atom stereocenters. The number of hydrogen-bond acceptors (Lipinski definition) is 5. The van der Waals surface area contributed by atoms with Crippen molar-refractivity contribution in [3.05, 3.63) is 41.3 Å². The van der Waals surface area contributed by atoms with Crippen LogP contribution in [0.5, 0.6) is 0 Å². The molecule has 2 heterocycles. The van der Waals surface area contributed by atoms with Crippen LogP contribution in [0.15, 0.2) is 29.3 Å². The summed E-state index contributed by atoms with van der Waals surface area (Å²) in [6, 6.07) is 8.91. The van der Waals surface area contributed by atoms with E-state index in [9.17, 15) is 9.65 Å². The van der Waals surface area contributed by atoms with Crippen molar-refractivity contribution in [2.45, 2.75) is 45.7 Å². The van der Waals surface area contributed by atoms with E-state index in [1.54, 1.807) is 19.2 Å². The minimum Gasteiger partial charge on any atom is -0.382 e. The van der Waals surface area contributed by atoms with Gasteiger partial charge in [0, 0.05) is 38.8 Å². The number of aryl methyl sites for hydroxylation is 1. The molecule has 1 aliphatic rings. The Morgan fingerprint density at radius 1 is 1.33 bits per heavy atom. The van der Waals surface area contributed by atoms with Crippen molar-refractivity contribution in [3.8, 4) is 11.8 Å².